The molecule has 4 rings (SSSR count). The second-order valence-electron chi connectivity index (χ2n) is 6.93. The van der Waals surface area contributed by atoms with Crippen LogP contribution in [0.25, 0.3) is 22.5 Å². The molecule has 1 heterocycles. The number of furan rings is 1. The third kappa shape index (κ3) is 4.97. The summed E-state index contributed by atoms with van der Waals surface area (Å²) in [6.45, 7) is 0.688. The van der Waals surface area contributed by atoms with Crippen LogP contribution in [-0.2, 0) is 17.8 Å². The molecule has 1 N–H and O–H groups in total. The van der Waals surface area contributed by atoms with Gasteiger partial charge in [0.15, 0.2) is 0 Å². The first kappa shape index (κ1) is 19.5. The van der Waals surface area contributed by atoms with Crippen LogP contribution in [0.4, 0.5) is 4.79 Å². The van der Waals surface area contributed by atoms with Gasteiger partial charge in [0.1, 0.15) is 18.1 Å². The highest BCUT2D eigenvalue weighted by Crippen LogP contribution is 2.35. The van der Waals surface area contributed by atoms with Crippen molar-refractivity contribution >= 4 is 6.09 Å². The molecule has 0 unspecified atom stereocenters. The van der Waals surface area contributed by atoms with Gasteiger partial charge in [-0.1, -0.05) is 91.0 Å². The third-order valence-corrected chi connectivity index (χ3v) is 4.76. The van der Waals surface area contributed by atoms with E-state index in [2.05, 4.69) is 23.5 Å². The fraction of sp³-hybridized carbons (Fsp3) is 0.115. The zero-order valence-electron chi connectivity index (χ0n) is 16.6. The topological polar surface area (TPSA) is 51.5 Å². The second kappa shape index (κ2) is 9.61. The SMILES string of the molecule is O=C(NCCc1cc(-c2ccccc2)c(-c2ccccc2)o1)OCc1ccccc1. The van der Waals surface area contributed by atoms with Crippen LogP contribution in [0.15, 0.2) is 101 Å². The maximum absolute atomic E-state index is 12.0. The fourth-order valence-electron chi connectivity index (χ4n) is 3.26. The molecule has 0 atom stereocenters. The maximum Gasteiger partial charge on any atom is 0.407 e. The highest BCUT2D eigenvalue weighted by atomic mass is 16.5. The van der Waals surface area contributed by atoms with Crippen molar-refractivity contribution in [1.82, 2.24) is 5.32 Å². The lowest BCUT2D eigenvalue weighted by atomic mass is 10.0. The van der Waals surface area contributed by atoms with Gasteiger partial charge < -0.3 is 14.5 Å². The Hall–Kier alpha value is -3.79. The molecule has 4 aromatic rings. The molecule has 0 fully saturated rings. The van der Waals surface area contributed by atoms with Gasteiger partial charge in [0.05, 0.1) is 0 Å². The molecule has 0 spiro atoms. The molecule has 4 nitrogen and oxygen atoms in total. The van der Waals surface area contributed by atoms with Crippen molar-refractivity contribution in [2.75, 3.05) is 6.54 Å². The number of alkyl carbamates (subject to hydrolysis) is 1. The quantitative estimate of drug-likeness (QED) is 0.411. The number of amides is 1. The van der Waals surface area contributed by atoms with E-state index in [-0.39, 0.29) is 6.61 Å². The van der Waals surface area contributed by atoms with Crippen molar-refractivity contribution < 1.29 is 13.9 Å². The molecular formula is C26H23NO3. The van der Waals surface area contributed by atoms with Gasteiger partial charge in [0.25, 0.3) is 0 Å². The molecule has 0 aliphatic heterocycles. The van der Waals surface area contributed by atoms with Gasteiger partial charge in [-0.3, -0.25) is 0 Å². The predicted molar refractivity (Wildman–Crippen MR) is 118 cm³/mol. The van der Waals surface area contributed by atoms with Crippen molar-refractivity contribution in [3.8, 4) is 22.5 Å². The standard InChI is InChI=1S/C26H23NO3/c28-26(29-19-20-10-4-1-5-11-20)27-17-16-23-18-24(21-12-6-2-7-13-21)25(30-23)22-14-8-3-9-15-22/h1-15,18H,16-17,19H2,(H,27,28). The first-order chi connectivity index (χ1) is 14.8. The Balaban J connectivity index is 1.41. The lowest BCUT2D eigenvalue weighted by Gasteiger charge is -2.06. The summed E-state index contributed by atoms with van der Waals surface area (Å²) in [7, 11) is 0. The fourth-order valence-corrected chi connectivity index (χ4v) is 3.26. The van der Waals surface area contributed by atoms with Gasteiger partial charge in [-0.2, -0.15) is 0 Å². The molecule has 0 bridgehead atoms. The number of benzene rings is 3. The Morgan fingerprint density at radius 2 is 1.40 bits per heavy atom. The highest BCUT2D eigenvalue weighted by molar-refractivity contribution is 5.80. The minimum Gasteiger partial charge on any atom is -0.460 e. The van der Waals surface area contributed by atoms with E-state index in [1.807, 2.05) is 78.9 Å². The van der Waals surface area contributed by atoms with Crippen LogP contribution in [0.1, 0.15) is 11.3 Å². The lowest BCUT2D eigenvalue weighted by Crippen LogP contribution is -2.26. The average Bonchev–Trinajstić information content (AvgIpc) is 3.24. The van der Waals surface area contributed by atoms with Gasteiger partial charge in [-0.25, -0.2) is 4.79 Å². The van der Waals surface area contributed by atoms with Crippen molar-refractivity contribution in [2.24, 2.45) is 0 Å². The molecule has 0 aliphatic rings. The Kier molecular flexibility index (Phi) is 6.25. The van der Waals surface area contributed by atoms with Gasteiger partial charge in [-0.05, 0) is 17.2 Å². The Morgan fingerprint density at radius 3 is 2.07 bits per heavy atom. The van der Waals surface area contributed by atoms with Gasteiger partial charge in [-0.15, -0.1) is 0 Å². The second-order valence-corrected chi connectivity index (χ2v) is 6.93. The molecule has 4 heteroatoms. The molecule has 0 radical (unpaired) electrons. The average molecular weight is 397 g/mol. The Labute approximate surface area is 176 Å². The first-order valence-corrected chi connectivity index (χ1v) is 9.98. The van der Waals surface area contributed by atoms with Crippen molar-refractivity contribution in [1.29, 1.82) is 0 Å². The van der Waals surface area contributed by atoms with Crippen LogP contribution in [0, 0.1) is 0 Å². The van der Waals surface area contributed by atoms with E-state index in [9.17, 15) is 4.79 Å². The summed E-state index contributed by atoms with van der Waals surface area (Å²) < 4.78 is 11.4. The number of carbonyl (C=O) groups excluding carboxylic acids is 1. The number of nitrogens with one attached hydrogen (secondary N) is 1. The minimum absolute atomic E-state index is 0.254. The van der Waals surface area contributed by atoms with Crippen LogP contribution < -0.4 is 5.32 Å². The summed E-state index contributed by atoms with van der Waals surface area (Å²) in [5.74, 6) is 1.65. The molecular weight excluding hydrogens is 374 g/mol. The largest absolute Gasteiger partial charge is 0.460 e. The normalized spacial score (nSPS) is 10.5. The molecule has 1 aromatic heterocycles. The number of ether oxygens (including phenoxy) is 1. The highest BCUT2D eigenvalue weighted by Gasteiger charge is 2.15. The maximum atomic E-state index is 12.0. The zero-order chi connectivity index (χ0) is 20.6. The minimum atomic E-state index is -0.433. The molecule has 1 amide bonds. The summed E-state index contributed by atoms with van der Waals surface area (Å²) in [4.78, 5) is 12.0. The summed E-state index contributed by atoms with van der Waals surface area (Å²) >= 11 is 0. The van der Waals surface area contributed by atoms with E-state index in [0.717, 1.165) is 33.8 Å². The van der Waals surface area contributed by atoms with Crippen LogP contribution in [0.5, 0.6) is 0 Å². The van der Waals surface area contributed by atoms with E-state index in [4.69, 9.17) is 9.15 Å². The smallest absolute Gasteiger partial charge is 0.407 e. The Bertz CT molecular complexity index is 1020. The van der Waals surface area contributed by atoms with E-state index < -0.39 is 6.09 Å². The van der Waals surface area contributed by atoms with Crippen molar-refractivity contribution in [3.63, 3.8) is 0 Å². The van der Waals surface area contributed by atoms with Crippen molar-refractivity contribution in [3.05, 3.63) is 108 Å². The van der Waals surface area contributed by atoms with Gasteiger partial charge in [0, 0.05) is 24.1 Å². The van der Waals surface area contributed by atoms with Crippen LogP contribution in [0.3, 0.4) is 0 Å². The van der Waals surface area contributed by atoms with Crippen LogP contribution in [0.2, 0.25) is 0 Å². The number of hydrogen-bond acceptors (Lipinski definition) is 3. The molecule has 150 valence electrons. The lowest BCUT2D eigenvalue weighted by molar-refractivity contribution is 0.139. The van der Waals surface area contributed by atoms with Crippen LogP contribution in [-0.4, -0.2) is 12.6 Å². The molecule has 0 saturated heterocycles. The monoisotopic (exact) mass is 397 g/mol. The zero-order valence-corrected chi connectivity index (χ0v) is 16.6. The van der Waals surface area contributed by atoms with E-state index >= 15 is 0 Å². The summed E-state index contributed by atoms with van der Waals surface area (Å²) in [6.07, 6.45) is 0.143. The first-order valence-electron chi connectivity index (χ1n) is 9.98. The predicted octanol–water partition coefficient (Wildman–Crippen LogP) is 6.08. The third-order valence-electron chi connectivity index (χ3n) is 4.76. The van der Waals surface area contributed by atoms with E-state index in [1.54, 1.807) is 0 Å². The van der Waals surface area contributed by atoms with Gasteiger partial charge in [0.2, 0.25) is 0 Å². The molecule has 3 aromatic carbocycles. The van der Waals surface area contributed by atoms with Gasteiger partial charge >= 0.3 is 6.09 Å². The molecule has 0 aliphatic carbocycles. The number of hydrogen-bond donors (Lipinski definition) is 1. The summed E-state index contributed by atoms with van der Waals surface area (Å²) in [5, 5.41) is 2.79. The van der Waals surface area contributed by atoms with Crippen molar-refractivity contribution in [2.45, 2.75) is 13.0 Å². The molecule has 0 saturated carbocycles. The summed E-state index contributed by atoms with van der Waals surface area (Å²) in [5.41, 5.74) is 4.13. The molecule has 30 heavy (non-hydrogen) atoms. The van der Waals surface area contributed by atoms with E-state index in [1.165, 1.54) is 0 Å². The van der Waals surface area contributed by atoms with Crippen LogP contribution >= 0.6 is 0 Å². The van der Waals surface area contributed by atoms with E-state index in [0.29, 0.717) is 13.0 Å². The Morgan fingerprint density at radius 1 is 0.800 bits per heavy atom. The number of rotatable bonds is 7. The summed E-state index contributed by atoms with van der Waals surface area (Å²) in [6, 6.07) is 31.9. The number of carbonyl (C=O) groups is 1.